The van der Waals surface area contributed by atoms with Crippen LogP contribution in [0.15, 0.2) is 0 Å². The molecule has 2 amide bonds. The number of hydrogen-bond donors (Lipinski definition) is 0. The van der Waals surface area contributed by atoms with E-state index in [9.17, 15) is 9.59 Å². The van der Waals surface area contributed by atoms with Gasteiger partial charge in [-0.2, -0.15) is 0 Å². The van der Waals surface area contributed by atoms with Gasteiger partial charge in [0.05, 0.1) is 18.1 Å². The average Bonchev–Trinajstić information content (AvgIpc) is 2.95. The number of carbonyl (C=O) groups excluding carboxylic acids is 2. The maximum absolute atomic E-state index is 14.4. The molecule has 12 atom stereocenters. The Morgan fingerprint density at radius 1 is 0.405 bits per heavy atom. The number of nitrogens with zero attached hydrogens (tertiary/aromatic N) is 3. The number of fused-ring (bicyclic) bond motifs is 8. The molecule has 9 aliphatic rings. The number of amides is 2. The van der Waals surface area contributed by atoms with Gasteiger partial charge in [-0.3, -0.25) is 14.5 Å². The van der Waals surface area contributed by atoms with E-state index in [1.54, 1.807) is 0 Å². The number of piperazine rings is 2. The van der Waals surface area contributed by atoms with Crippen LogP contribution in [-0.2, 0) is 9.59 Å². The van der Waals surface area contributed by atoms with Crippen molar-refractivity contribution >= 4 is 11.8 Å². The molecular weight excluding hydrogens is 458 g/mol. The SMILES string of the molecule is O=C1C2CCCCC2C2CCCC3C2N1C1CCCC2C1N3C1CCCC3C4CCCCC4C(=O)N2C31. The number of carbonyl (C=O) groups is 2. The van der Waals surface area contributed by atoms with Gasteiger partial charge in [-0.25, -0.2) is 0 Å². The fourth-order valence-electron chi connectivity index (χ4n) is 13.0. The van der Waals surface area contributed by atoms with Crippen LogP contribution >= 0.6 is 0 Å². The lowest BCUT2D eigenvalue weighted by molar-refractivity contribution is -0.234. The summed E-state index contributed by atoms with van der Waals surface area (Å²) in [5, 5.41) is 0. The summed E-state index contributed by atoms with van der Waals surface area (Å²) in [5.74, 6) is 4.47. The van der Waals surface area contributed by atoms with E-state index in [-0.39, 0.29) is 0 Å². The lowest BCUT2D eigenvalue weighted by atomic mass is 9.56. The summed E-state index contributed by atoms with van der Waals surface area (Å²) in [6, 6.07) is 3.16. The third-order valence-electron chi connectivity index (χ3n) is 13.9. The van der Waals surface area contributed by atoms with Crippen LogP contribution in [-0.4, -0.2) is 68.8 Å². The zero-order valence-electron chi connectivity index (χ0n) is 22.7. The van der Waals surface area contributed by atoms with Gasteiger partial charge in [0.25, 0.3) is 0 Å². The summed E-state index contributed by atoms with van der Waals surface area (Å²) < 4.78 is 0. The Bertz CT molecular complexity index is 909. The third-order valence-corrected chi connectivity index (χ3v) is 13.9. The minimum Gasteiger partial charge on any atom is -0.333 e. The van der Waals surface area contributed by atoms with Gasteiger partial charge in [-0.1, -0.05) is 38.5 Å². The predicted octanol–water partition coefficient (Wildman–Crippen LogP) is 4.98. The molecule has 0 aromatic heterocycles. The van der Waals surface area contributed by atoms with Gasteiger partial charge >= 0.3 is 0 Å². The summed E-state index contributed by atoms with van der Waals surface area (Å²) >= 11 is 0. The molecule has 5 saturated carbocycles. The first-order chi connectivity index (χ1) is 18.2. The average molecular weight is 506 g/mol. The van der Waals surface area contributed by atoms with Gasteiger partial charge in [0.1, 0.15) is 0 Å². The van der Waals surface area contributed by atoms with Gasteiger partial charge in [-0.05, 0) is 94.3 Å². The Balaban J connectivity index is 1.17. The quantitative estimate of drug-likeness (QED) is 0.467. The van der Waals surface area contributed by atoms with Gasteiger partial charge in [0.2, 0.25) is 11.8 Å². The molecule has 37 heavy (non-hydrogen) atoms. The Morgan fingerprint density at radius 3 is 1.32 bits per heavy atom. The van der Waals surface area contributed by atoms with Gasteiger partial charge in [0.15, 0.2) is 0 Å². The fourth-order valence-corrected chi connectivity index (χ4v) is 13.0. The highest BCUT2D eigenvalue weighted by atomic mass is 16.2. The topological polar surface area (TPSA) is 43.9 Å². The van der Waals surface area contributed by atoms with Gasteiger partial charge in [-0.15, -0.1) is 0 Å². The summed E-state index contributed by atoms with van der Waals surface area (Å²) in [7, 11) is 0. The molecule has 5 heteroatoms. The molecule has 202 valence electrons. The van der Waals surface area contributed by atoms with Crippen LogP contribution in [0.25, 0.3) is 0 Å². The second-order valence-corrected chi connectivity index (χ2v) is 14.9. The molecule has 4 saturated heterocycles. The zero-order valence-corrected chi connectivity index (χ0v) is 22.7. The van der Waals surface area contributed by atoms with E-state index < -0.39 is 0 Å². The molecule has 0 aromatic rings. The van der Waals surface area contributed by atoms with Crippen molar-refractivity contribution in [1.29, 1.82) is 0 Å². The van der Waals surface area contributed by atoms with E-state index in [1.165, 1.54) is 96.3 Å². The van der Waals surface area contributed by atoms with E-state index >= 15 is 0 Å². The van der Waals surface area contributed by atoms with Crippen molar-refractivity contribution in [3.63, 3.8) is 0 Å². The highest BCUT2D eigenvalue weighted by Gasteiger charge is 2.68. The van der Waals surface area contributed by atoms with Crippen molar-refractivity contribution in [2.24, 2.45) is 35.5 Å². The van der Waals surface area contributed by atoms with Crippen molar-refractivity contribution in [2.75, 3.05) is 0 Å². The first-order valence-corrected chi connectivity index (χ1v) is 16.7. The van der Waals surface area contributed by atoms with Gasteiger partial charge in [0, 0.05) is 36.0 Å². The van der Waals surface area contributed by atoms with Crippen LogP contribution in [0, 0.1) is 35.5 Å². The Labute approximate surface area is 223 Å². The van der Waals surface area contributed by atoms with Crippen LogP contribution in [0.5, 0.6) is 0 Å². The van der Waals surface area contributed by atoms with E-state index in [4.69, 9.17) is 0 Å². The van der Waals surface area contributed by atoms with Crippen molar-refractivity contribution < 1.29 is 9.59 Å². The number of hydrogen-bond acceptors (Lipinski definition) is 3. The van der Waals surface area contributed by atoms with E-state index in [1.807, 2.05) is 0 Å². The molecule has 0 radical (unpaired) electrons. The second-order valence-electron chi connectivity index (χ2n) is 14.9. The van der Waals surface area contributed by atoms with Crippen molar-refractivity contribution in [3.8, 4) is 0 Å². The van der Waals surface area contributed by atoms with Gasteiger partial charge < -0.3 is 9.80 Å². The van der Waals surface area contributed by atoms with Crippen molar-refractivity contribution in [2.45, 2.75) is 151 Å². The molecule has 4 aliphatic heterocycles. The Morgan fingerprint density at radius 2 is 0.811 bits per heavy atom. The standard InChI is InChI=1S/C32H47N3O2/c36-31-22-10-3-1-8-18(22)20-12-5-14-24-28(20)34(31)26-16-7-17-27-30(26)33(24)25-15-6-13-21-19-9-2-4-11-23(19)32(37)35(27)29(21)25/h18-30H,1-17H2. The highest BCUT2D eigenvalue weighted by molar-refractivity contribution is 5.83. The molecule has 0 N–H and O–H groups in total. The summed E-state index contributed by atoms with van der Waals surface area (Å²) in [5.41, 5.74) is 0. The lowest BCUT2D eigenvalue weighted by Crippen LogP contribution is -2.86. The summed E-state index contributed by atoms with van der Waals surface area (Å²) in [6.07, 6.45) is 21.6. The first kappa shape index (κ1) is 22.7. The number of rotatable bonds is 0. The molecule has 0 spiro atoms. The van der Waals surface area contributed by atoms with Crippen molar-refractivity contribution in [1.82, 2.24) is 14.7 Å². The molecule has 0 aromatic carbocycles. The monoisotopic (exact) mass is 505 g/mol. The Hall–Kier alpha value is -1.10. The van der Waals surface area contributed by atoms with Crippen LogP contribution in [0.4, 0.5) is 0 Å². The minimum absolute atomic E-state index is 0.302. The predicted molar refractivity (Wildman–Crippen MR) is 141 cm³/mol. The van der Waals surface area contributed by atoms with E-state index in [0.717, 1.165) is 24.7 Å². The normalized spacial score (nSPS) is 54.4. The van der Waals surface area contributed by atoms with E-state index in [0.29, 0.717) is 77.8 Å². The summed E-state index contributed by atoms with van der Waals surface area (Å²) in [4.78, 5) is 37.0. The molecule has 4 heterocycles. The molecule has 12 unspecified atom stereocenters. The molecule has 9 fully saturated rings. The lowest BCUT2D eigenvalue weighted by Gasteiger charge is -2.73. The smallest absolute Gasteiger partial charge is 0.226 e. The second kappa shape index (κ2) is 8.21. The van der Waals surface area contributed by atoms with Crippen LogP contribution in [0.2, 0.25) is 0 Å². The molecular formula is C32H47N3O2. The maximum atomic E-state index is 14.4. The molecule has 5 aliphatic carbocycles. The Kier molecular flexibility index (Phi) is 5.03. The molecule has 0 bridgehead atoms. The van der Waals surface area contributed by atoms with E-state index in [2.05, 4.69) is 14.7 Å². The number of piperidine rings is 2. The minimum atomic E-state index is 0.302. The largest absolute Gasteiger partial charge is 0.333 e. The van der Waals surface area contributed by atoms with Crippen LogP contribution in [0.3, 0.4) is 0 Å². The van der Waals surface area contributed by atoms with Crippen LogP contribution < -0.4 is 0 Å². The van der Waals surface area contributed by atoms with Crippen molar-refractivity contribution in [3.05, 3.63) is 0 Å². The van der Waals surface area contributed by atoms with Crippen LogP contribution in [0.1, 0.15) is 109 Å². The third kappa shape index (κ3) is 2.86. The highest BCUT2D eigenvalue weighted by Crippen LogP contribution is 2.59. The fraction of sp³-hybridized carbons (Fsp3) is 0.938. The zero-order chi connectivity index (χ0) is 24.4. The first-order valence-electron chi connectivity index (χ1n) is 16.7. The summed E-state index contributed by atoms with van der Waals surface area (Å²) in [6.45, 7) is 0. The molecule has 5 nitrogen and oxygen atoms in total. The maximum Gasteiger partial charge on any atom is 0.226 e. The molecule has 9 rings (SSSR count).